The highest BCUT2D eigenvalue weighted by molar-refractivity contribution is 7.98. The number of esters is 1. The van der Waals surface area contributed by atoms with Crippen LogP contribution < -0.4 is 5.32 Å². The number of thioether (sulfide) groups is 1. The predicted octanol–water partition coefficient (Wildman–Crippen LogP) is 3.87. The number of para-hydroxylation sites is 1. The molecule has 0 radical (unpaired) electrons. The smallest absolute Gasteiger partial charge is 0.338 e. The summed E-state index contributed by atoms with van der Waals surface area (Å²) in [5.41, 5.74) is -0.292. The molecule has 0 fully saturated rings. The number of ether oxygens (including phenoxy) is 1. The fourth-order valence-corrected chi connectivity index (χ4v) is 2.26. The molecule has 1 atom stereocenters. The van der Waals surface area contributed by atoms with Gasteiger partial charge in [-0.1, -0.05) is 6.07 Å². The van der Waals surface area contributed by atoms with Crippen LogP contribution in [0.2, 0.25) is 0 Å². The average Bonchev–Trinajstić information content (AvgIpc) is 2.58. The SMILES string of the molecule is CSc1ccc(C(=O)O[C@@H](C)C(=O)Nc2c(F)cccc2F)cc1. The van der Waals surface area contributed by atoms with Gasteiger partial charge in [-0.15, -0.1) is 11.8 Å². The van der Waals surface area contributed by atoms with E-state index in [-0.39, 0.29) is 5.56 Å². The Labute approximate surface area is 142 Å². The minimum absolute atomic E-state index is 0.282. The quantitative estimate of drug-likeness (QED) is 0.656. The summed E-state index contributed by atoms with van der Waals surface area (Å²) in [5.74, 6) is -3.34. The van der Waals surface area contributed by atoms with Crippen molar-refractivity contribution in [2.75, 3.05) is 11.6 Å². The largest absolute Gasteiger partial charge is 0.449 e. The van der Waals surface area contributed by atoms with Crippen LogP contribution in [0.5, 0.6) is 0 Å². The second-order valence-electron chi connectivity index (χ2n) is 4.86. The van der Waals surface area contributed by atoms with Crippen LogP contribution >= 0.6 is 11.8 Å². The van der Waals surface area contributed by atoms with Gasteiger partial charge in [0, 0.05) is 4.90 Å². The van der Waals surface area contributed by atoms with E-state index in [0.29, 0.717) is 0 Å². The Morgan fingerprint density at radius 2 is 1.67 bits per heavy atom. The van der Waals surface area contributed by atoms with E-state index in [9.17, 15) is 18.4 Å². The van der Waals surface area contributed by atoms with E-state index in [1.165, 1.54) is 24.8 Å². The molecule has 7 heteroatoms. The molecule has 2 aromatic carbocycles. The highest BCUT2D eigenvalue weighted by atomic mass is 32.2. The molecule has 1 N–H and O–H groups in total. The summed E-state index contributed by atoms with van der Waals surface area (Å²) in [4.78, 5) is 24.9. The summed E-state index contributed by atoms with van der Waals surface area (Å²) < 4.78 is 32.0. The van der Waals surface area contributed by atoms with Crippen molar-refractivity contribution in [1.29, 1.82) is 0 Å². The topological polar surface area (TPSA) is 55.4 Å². The molecule has 0 aliphatic rings. The van der Waals surface area contributed by atoms with E-state index in [1.54, 1.807) is 24.3 Å². The highest BCUT2D eigenvalue weighted by Gasteiger charge is 2.21. The zero-order valence-electron chi connectivity index (χ0n) is 13.0. The van der Waals surface area contributed by atoms with Gasteiger partial charge in [-0.2, -0.15) is 0 Å². The van der Waals surface area contributed by atoms with Crippen molar-refractivity contribution in [3.63, 3.8) is 0 Å². The molecule has 0 aromatic heterocycles. The number of nitrogens with one attached hydrogen (secondary N) is 1. The lowest BCUT2D eigenvalue weighted by Gasteiger charge is -2.14. The number of carbonyl (C=O) groups is 2. The third-order valence-corrected chi connectivity index (χ3v) is 3.93. The third-order valence-electron chi connectivity index (χ3n) is 3.19. The Bertz CT molecular complexity index is 730. The Morgan fingerprint density at radius 3 is 2.21 bits per heavy atom. The Hall–Kier alpha value is -2.41. The van der Waals surface area contributed by atoms with Gasteiger partial charge in [-0.3, -0.25) is 4.79 Å². The van der Waals surface area contributed by atoms with Crippen molar-refractivity contribution in [1.82, 2.24) is 0 Å². The second kappa shape index (κ2) is 7.92. The second-order valence-corrected chi connectivity index (χ2v) is 5.74. The maximum absolute atomic E-state index is 13.5. The molecule has 0 spiro atoms. The number of benzene rings is 2. The van der Waals surface area contributed by atoms with Crippen LogP contribution in [-0.4, -0.2) is 24.2 Å². The van der Waals surface area contributed by atoms with E-state index in [0.717, 1.165) is 17.0 Å². The van der Waals surface area contributed by atoms with E-state index in [4.69, 9.17) is 4.74 Å². The van der Waals surface area contributed by atoms with Crippen LogP contribution in [-0.2, 0) is 9.53 Å². The Kier molecular flexibility index (Phi) is 5.92. The van der Waals surface area contributed by atoms with Gasteiger partial charge in [0.15, 0.2) is 6.10 Å². The first-order valence-electron chi connectivity index (χ1n) is 7.02. The molecular weight excluding hydrogens is 336 g/mol. The fraction of sp³-hybridized carbons (Fsp3) is 0.176. The molecule has 0 aliphatic carbocycles. The molecule has 4 nitrogen and oxygen atoms in total. The number of carbonyl (C=O) groups excluding carboxylic acids is 2. The summed E-state index contributed by atoms with van der Waals surface area (Å²) in [6.45, 7) is 1.32. The lowest BCUT2D eigenvalue weighted by atomic mass is 10.2. The summed E-state index contributed by atoms with van der Waals surface area (Å²) in [7, 11) is 0. The Morgan fingerprint density at radius 1 is 1.08 bits per heavy atom. The first-order chi connectivity index (χ1) is 11.4. The maximum Gasteiger partial charge on any atom is 0.338 e. The summed E-state index contributed by atoms with van der Waals surface area (Å²) >= 11 is 1.52. The molecule has 0 unspecified atom stereocenters. The Balaban J connectivity index is 2.01. The molecule has 1 amide bonds. The van der Waals surface area contributed by atoms with E-state index < -0.39 is 35.3 Å². The van der Waals surface area contributed by atoms with Gasteiger partial charge in [0.05, 0.1) is 5.56 Å². The number of rotatable bonds is 5. The van der Waals surface area contributed by atoms with Gasteiger partial charge in [-0.05, 0) is 49.6 Å². The van der Waals surface area contributed by atoms with Gasteiger partial charge >= 0.3 is 5.97 Å². The zero-order valence-corrected chi connectivity index (χ0v) is 13.8. The van der Waals surface area contributed by atoms with Crippen molar-refractivity contribution in [3.8, 4) is 0 Å². The van der Waals surface area contributed by atoms with Crippen molar-refractivity contribution in [2.24, 2.45) is 0 Å². The predicted molar refractivity (Wildman–Crippen MR) is 88.1 cm³/mol. The molecule has 0 saturated heterocycles. The fourth-order valence-electron chi connectivity index (χ4n) is 1.85. The molecule has 126 valence electrons. The number of halogens is 2. The lowest BCUT2D eigenvalue weighted by molar-refractivity contribution is -0.123. The number of amides is 1. The van der Waals surface area contributed by atoms with Crippen LogP contribution in [0.4, 0.5) is 14.5 Å². The third kappa shape index (κ3) is 4.32. The van der Waals surface area contributed by atoms with Crippen molar-refractivity contribution in [2.45, 2.75) is 17.9 Å². The monoisotopic (exact) mass is 351 g/mol. The van der Waals surface area contributed by atoms with Gasteiger partial charge in [0.1, 0.15) is 17.3 Å². The molecule has 24 heavy (non-hydrogen) atoms. The first-order valence-corrected chi connectivity index (χ1v) is 8.24. The molecule has 0 bridgehead atoms. The summed E-state index contributed by atoms with van der Waals surface area (Å²) in [6, 6.07) is 9.87. The van der Waals surface area contributed by atoms with Crippen molar-refractivity contribution >= 4 is 29.3 Å². The van der Waals surface area contributed by atoms with Crippen molar-refractivity contribution in [3.05, 3.63) is 59.7 Å². The zero-order chi connectivity index (χ0) is 17.7. The minimum Gasteiger partial charge on any atom is -0.449 e. The summed E-state index contributed by atoms with van der Waals surface area (Å²) in [6.07, 6.45) is 0.693. The summed E-state index contributed by atoms with van der Waals surface area (Å²) in [5, 5.41) is 2.08. The number of hydrogen-bond donors (Lipinski definition) is 1. The molecule has 2 rings (SSSR count). The number of hydrogen-bond acceptors (Lipinski definition) is 4. The standard InChI is InChI=1S/C17H15F2NO3S/c1-10(16(21)20-15-13(18)4-3-5-14(15)19)23-17(22)11-6-8-12(24-2)9-7-11/h3-10H,1-2H3,(H,20,21)/t10-/m0/s1. The minimum atomic E-state index is -1.21. The van der Waals surface area contributed by atoms with Crippen LogP contribution in [0.15, 0.2) is 47.4 Å². The van der Waals surface area contributed by atoms with E-state index >= 15 is 0 Å². The lowest BCUT2D eigenvalue weighted by Crippen LogP contribution is -2.30. The van der Waals surface area contributed by atoms with Gasteiger partial charge < -0.3 is 10.1 Å². The molecule has 0 aliphatic heterocycles. The normalized spacial score (nSPS) is 11.7. The molecule has 0 heterocycles. The molecule has 2 aromatic rings. The van der Waals surface area contributed by atoms with Crippen LogP contribution in [0.3, 0.4) is 0 Å². The average molecular weight is 351 g/mol. The molecule has 0 saturated carbocycles. The van der Waals surface area contributed by atoms with E-state index in [2.05, 4.69) is 5.32 Å². The molecular formula is C17H15F2NO3S. The van der Waals surface area contributed by atoms with Crippen LogP contribution in [0.1, 0.15) is 17.3 Å². The first kappa shape index (κ1) is 17.9. The van der Waals surface area contributed by atoms with Crippen LogP contribution in [0.25, 0.3) is 0 Å². The van der Waals surface area contributed by atoms with Gasteiger partial charge in [0.2, 0.25) is 0 Å². The number of anilines is 1. The van der Waals surface area contributed by atoms with Crippen molar-refractivity contribution < 1.29 is 23.1 Å². The van der Waals surface area contributed by atoms with Gasteiger partial charge in [0.25, 0.3) is 5.91 Å². The maximum atomic E-state index is 13.5. The highest BCUT2D eigenvalue weighted by Crippen LogP contribution is 2.19. The van der Waals surface area contributed by atoms with Crippen LogP contribution in [0, 0.1) is 11.6 Å². The van der Waals surface area contributed by atoms with E-state index in [1.807, 2.05) is 6.26 Å². The van der Waals surface area contributed by atoms with Gasteiger partial charge in [-0.25, -0.2) is 13.6 Å².